The topological polar surface area (TPSA) is 24.9 Å². The molecule has 2 aromatic carbocycles. The van der Waals surface area contributed by atoms with Crippen LogP contribution < -0.4 is 14.4 Å². The summed E-state index contributed by atoms with van der Waals surface area (Å²) in [5, 5.41) is 1.34. The largest absolute Gasteiger partial charge is 0.495 e. The Bertz CT molecular complexity index is 864. The molecule has 1 saturated carbocycles. The van der Waals surface area contributed by atoms with Crippen molar-refractivity contribution in [2.75, 3.05) is 39.8 Å². The molecule has 0 radical (unpaired) electrons. The van der Waals surface area contributed by atoms with E-state index in [-0.39, 0.29) is 5.54 Å². The molecule has 0 amide bonds. The van der Waals surface area contributed by atoms with Crippen LogP contribution in [0, 0.1) is 0 Å². The van der Waals surface area contributed by atoms with Gasteiger partial charge in [-0.1, -0.05) is 29.3 Å². The average Bonchev–Trinajstić information content (AvgIpc) is 2.75. The van der Waals surface area contributed by atoms with E-state index in [1.165, 1.54) is 5.56 Å². The Morgan fingerprint density at radius 3 is 2.20 bits per heavy atom. The molecule has 0 spiro atoms. The lowest BCUT2D eigenvalue weighted by atomic mass is 9.73. The average molecular weight is 451 g/mol. The van der Waals surface area contributed by atoms with E-state index in [9.17, 15) is 0 Å². The second kappa shape index (κ2) is 9.67. The van der Waals surface area contributed by atoms with Crippen LogP contribution in [0.1, 0.15) is 38.2 Å². The molecule has 1 aliphatic rings. The molecule has 3 rings (SSSR count). The first-order valence-electron chi connectivity index (χ1n) is 10.5. The number of nitrogens with zero attached hydrogens (tertiary/aromatic N) is 2. The molecule has 1 aliphatic carbocycles. The first-order chi connectivity index (χ1) is 14.4. The first kappa shape index (κ1) is 23.1. The summed E-state index contributed by atoms with van der Waals surface area (Å²) in [7, 11) is 7.71. The molecule has 0 unspecified atom stereocenters. The van der Waals surface area contributed by atoms with Crippen molar-refractivity contribution in [3.63, 3.8) is 0 Å². The maximum absolute atomic E-state index is 6.28. The van der Waals surface area contributed by atoms with Gasteiger partial charge in [-0.05, 0) is 76.5 Å². The Morgan fingerprint density at radius 2 is 1.63 bits per heavy atom. The van der Waals surface area contributed by atoms with Crippen molar-refractivity contribution in [1.82, 2.24) is 4.90 Å². The van der Waals surface area contributed by atoms with Gasteiger partial charge in [-0.2, -0.15) is 0 Å². The highest BCUT2D eigenvalue weighted by atomic mass is 35.5. The van der Waals surface area contributed by atoms with Gasteiger partial charge in [-0.15, -0.1) is 0 Å². The summed E-state index contributed by atoms with van der Waals surface area (Å²) in [6.45, 7) is 3.12. The Hall–Kier alpha value is -1.62. The fourth-order valence-corrected chi connectivity index (χ4v) is 5.21. The van der Waals surface area contributed by atoms with Crippen LogP contribution >= 0.6 is 23.2 Å². The van der Waals surface area contributed by atoms with E-state index in [4.69, 9.17) is 32.7 Å². The Morgan fingerprint density at radius 1 is 0.967 bits per heavy atom. The van der Waals surface area contributed by atoms with Crippen LogP contribution in [-0.2, 0) is 5.54 Å². The zero-order chi connectivity index (χ0) is 21.9. The van der Waals surface area contributed by atoms with E-state index in [0.717, 1.165) is 49.4 Å². The smallest absolute Gasteiger partial charge is 0.143 e. The number of rotatable bonds is 7. The van der Waals surface area contributed by atoms with Crippen LogP contribution in [0.5, 0.6) is 11.5 Å². The van der Waals surface area contributed by atoms with Crippen molar-refractivity contribution in [3.8, 4) is 11.5 Å². The molecule has 2 aromatic rings. The maximum atomic E-state index is 6.28. The van der Waals surface area contributed by atoms with Crippen molar-refractivity contribution in [2.45, 2.75) is 44.2 Å². The molecule has 0 bridgehead atoms. The summed E-state index contributed by atoms with van der Waals surface area (Å²) in [5.41, 5.74) is 2.34. The molecule has 4 nitrogen and oxygen atoms in total. The molecule has 0 atom stereocenters. The number of anilines is 1. The Balaban J connectivity index is 1.86. The summed E-state index contributed by atoms with van der Waals surface area (Å²) in [5.74, 6) is 1.56. The summed E-state index contributed by atoms with van der Waals surface area (Å²) >= 11 is 12.5. The molecule has 30 heavy (non-hydrogen) atoms. The van der Waals surface area contributed by atoms with Crippen molar-refractivity contribution < 1.29 is 9.47 Å². The number of hydrogen-bond acceptors (Lipinski definition) is 4. The number of methoxy groups -OCH3 is 2. The molecule has 1 fully saturated rings. The third kappa shape index (κ3) is 4.37. The second-order valence-electron chi connectivity index (χ2n) is 8.11. The minimum absolute atomic E-state index is 0.0299. The van der Waals surface area contributed by atoms with Crippen LogP contribution in [0.4, 0.5) is 5.69 Å². The molecule has 0 saturated heterocycles. The number of hydrogen-bond donors (Lipinski definition) is 0. The van der Waals surface area contributed by atoms with E-state index in [1.54, 1.807) is 14.2 Å². The lowest BCUT2D eigenvalue weighted by molar-refractivity contribution is 0.0901. The highest BCUT2D eigenvalue weighted by molar-refractivity contribution is 6.32. The van der Waals surface area contributed by atoms with Gasteiger partial charge in [-0.3, -0.25) is 4.90 Å². The molecule has 0 aliphatic heterocycles. The predicted octanol–water partition coefficient (Wildman–Crippen LogP) is 6.24. The van der Waals surface area contributed by atoms with Crippen LogP contribution in [0.25, 0.3) is 0 Å². The van der Waals surface area contributed by atoms with Gasteiger partial charge in [0.2, 0.25) is 0 Å². The lowest BCUT2D eigenvalue weighted by Crippen LogP contribution is -2.49. The van der Waals surface area contributed by atoms with Gasteiger partial charge in [-0.25, -0.2) is 0 Å². The molecule has 0 N–H and O–H groups in total. The minimum atomic E-state index is -0.0299. The van der Waals surface area contributed by atoms with Crippen LogP contribution in [0.15, 0.2) is 36.4 Å². The Labute approximate surface area is 190 Å². The summed E-state index contributed by atoms with van der Waals surface area (Å²) in [6, 6.07) is 12.5. The van der Waals surface area contributed by atoms with E-state index in [1.807, 2.05) is 18.2 Å². The number of halogens is 2. The van der Waals surface area contributed by atoms with E-state index in [2.05, 4.69) is 49.0 Å². The van der Waals surface area contributed by atoms with Crippen molar-refractivity contribution in [3.05, 3.63) is 52.0 Å². The standard InChI is InChI=1S/C24H32Cl2N2O2/c1-6-28(21-10-8-18(25)16-23(21)30-5)19-11-13-24(14-12-19,27(2)3)17-7-9-20(26)22(15-17)29-4/h7-10,15-16,19H,6,11-14H2,1-5H3. The molecular formula is C24H32Cl2N2O2. The van der Waals surface area contributed by atoms with Crippen molar-refractivity contribution >= 4 is 28.9 Å². The predicted molar refractivity (Wildman–Crippen MR) is 127 cm³/mol. The normalized spacial score (nSPS) is 21.5. The van der Waals surface area contributed by atoms with Gasteiger partial charge < -0.3 is 14.4 Å². The number of benzene rings is 2. The van der Waals surface area contributed by atoms with Gasteiger partial charge >= 0.3 is 0 Å². The molecule has 164 valence electrons. The molecular weight excluding hydrogens is 419 g/mol. The lowest BCUT2D eigenvalue weighted by Gasteiger charge is -2.48. The van der Waals surface area contributed by atoms with Gasteiger partial charge in [0, 0.05) is 29.2 Å². The zero-order valence-corrected chi connectivity index (χ0v) is 20.1. The Kier molecular flexibility index (Phi) is 7.43. The number of ether oxygens (including phenoxy) is 2. The van der Waals surface area contributed by atoms with Gasteiger partial charge in [0.1, 0.15) is 11.5 Å². The highest BCUT2D eigenvalue weighted by Gasteiger charge is 2.40. The van der Waals surface area contributed by atoms with E-state index < -0.39 is 0 Å². The molecule has 6 heteroatoms. The minimum Gasteiger partial charge on any atom is -0.495 e. The second-order valence-corrected chi connectivity index (χ2v) is 8.95. The molecule has 0 aromatic heterocycles. The first-order valence-corrected chi connectivity index (χ1v) is 11.2. The van der Waals surface area contributed by atoms with Gasteiger partial charge in [0.25, 0.3) is 0 Å². The van der Waals surface area contributed by atoms with Crippen LogP contribution in [-0.4, -0.2) is 45.8 Å². The SMILES string of the molecule is CCN(c1ccc(Cl)cc1OC)C1CCC(c2ccc(Cl)c(OC)c2)(N(C)C)CC1. The van der Waals surface area contributed by atoms with Crippen LogP contribution in [0.3, 0.4) is 0 Å². The zero-order valence-electron chi connectivity index (χ0n) is 18.5. The highest BCUT2D eigenvalue weighted by Crippen LogP contribution is 2.45. The molecule has 0 heterocycles. The quantitative estimate of drug-likeness (QED) is 0.498. The third-order valence-electron chi connectivity index (χ3n) is 6.56. The maximum Gasteiger partial charge on any atom is 0.143 e. The van der Waals surface area contributed by atoms with Crippen molar-refractivity contribution in [1.29, 1.82) is 0 Å². The monoisotopic (exact) mass is 450 g/mol. The third-order valence-corrected chi connectivity index (χ3v) is 7.11. The van der Waals surface area contributed by atoms with Gasteiger partial charge in [0.15, 0.2) is 0 Å². The fraction of sp³-hybridized carbons (Fsp3) is 0.500. The fourth-order valence-electron chi connectivity index (χ4n) is 4.85. The summed E-state index contributed by atoms with van der Waals surface area (Å²) < 4.78 is 11.1. The van der Waals surface area contributed by atoms with E-state index >= 15 is 0 Å². The van der Waals surface area contributed by atoms with Crippen LogP contribution in [0.2, 0.25) is 10.0 Å². The summed E-state index contributed by atoms with van der Waals surface area (Å²) in [6.07, 6.45) is 4.29. The van der Waals surface area contributed by atoms with Crippen molar-refractivity contribution in [2.24, 2.45) is 0 Å². The van der Waals surface area contributed by atoms with E-state index in [0.29, 0.717) is 16.1 Å². The van der Waals surface area contributed by atoms with Gasteiger partial charge in [0.05, 0.1) is 24.9 Å². The summed E-state index contributed by atoms with van der Waals surface area (Å²) in [4.78, 5) is 4.81.